The maximum Gasteiger partial charge on any atom is 0.134 e. The summed E-state index contributed by atoms with van der Waals surface area (Å²) in [6, 6.07) is 0. The number of rotatable bonds is 5. The molecule has 0 spiro atoms. The second-order valence-corrected chi connectivity index (χ2v) is 9.43. The molecule has 0 amide bonds. The second-order valence-electron chi connectivity index (χ2n) is 9.43. The molecule has 0 aromatic heterocycles. The molecule has 0 aromatic rings. The van der Waals surface area contributed by atoms with Gasteiger partial charge >= 0.3 is 0 Å². The summed E-state index contributed by atoms with van der Waals surface area (Å²) in [5.74, 6) is 3.05. The summed E-state index contributed by atoms with van der Waals surface area (Å²) >= 11 is 0. The quantitative estimate of drug-likeness (QED) is 0.433. The number of allylic oxidation sites excluding steroid dienone is 1. The lowest BCUT2D eigenvalue weighted by Gasteiger charge is -2.43. The van der Waals surface area contributed by atoms with Crippen molar-refractivity contribution in [2.24, 2.45) is 35.5 Å². The van der Waals surface area contributed by atoms with Crippen LogP contribution in [0.15, 0.2) is 12.7 Å². The maximum absolute atomic E-state index is 14.5. The minimum Gasteiger partial charge on any atom is -0.412 e. The Morgan fingerprint density at radius 1 is 0.815 bits per heavy atom. The molecule has 0 saturated heterocycles. The molecule has 3 aliphatic rings. The van der Waals surface area contributed by atoms with Gasteiger partial charge in [-0.25, -0.2) is 8.78 Å². The Balaban J connectivity index is 0. The summed E-state index contributed by atoms with van der Waals surface area (Å²) in [5.41, 5.74) is 0. The van der Waals surface area contributed by atoms with Crippen molar-refractivity contribution < 1.29 is 17.1 Å². The van der Waals surface area contributed by atoms with E-state index >= 15 is 0 Å². The molecule has 0 radical (unpaired) electrons. The highest BCUT2D eigenvalue weighted by molar-refractivity contribution is 4.92. The summed E-state index contributed by atoms with van der Waals surface area (Å²) < 4.78 is 28.6. The molecule has 3 saturated carbocycles. The van der Waals surface area contributed by atoms with Crippen molar-refractivity contribution in [3.05, 3.63) is 12.7 Å². The van der Waals surface area contributed by atoms with E-state index in [-0.39, 0.29) is 27.6 Å². The lowest BCUT2D eigenvalue weighted by molar-refractivity contribution is -0.0101. The summed E-state index contributed by atoms with van der Waals surface area (Å²) in [5, 5.41) is 0. The monoisotopic (exact) mass is 390 g/mol. The predicted molar refractivity (Wildman–Crippen MR) is 117 cm³/mol. The molecule has 2 N–H and O–H groups in total. The van der Waals surface area contributed by atoms with Gasteiger partial charge in [0.25, 0.3) is 0 Å². The highest BCUT2D eigenvalue weighted by Gasteiger charge is 2.43. The zero-order valence-corrected chi connectivity index (χ0v) is 16.6. The van der Waals surface area contributed by atoms with Gasteiger partial charge in [0.15, 0.2) is 0 Å². The van der Waals surface area contributed by atoms with Crippen molar-refractivity contribution in [3.8, 4) is 0 Å². The summed E-state index contributed by atoms with van der Waals surface area (Å²) in [6.45, 7) is 5.71. The van der Waals surface area contributed by atoms with Gasteiger partial charge in [0.2, 0.25) is 0 Å². The smallest absolute Gasteiger partial charge is 0.134 e. The normalized spacial score (nSPS) is 42.5. The molecule has 3 heteroatoms. The highest BCUT2D eigenvalue weighted by Crippen LogP contribution is 2.47. The number of hydrogen-bond donors (Lipinski definition) is 0. The molecular formula is C24H48F2O. The first kappa shape index (κ1) is 24.6. The number of hydrogen-bond acceptors (Lipinski definition) is 0. The zero-order chi connectivity index (χ0) is 17.8. The first-order valence-electron chi connectivity index (χ1n) is 11.0. The van der Waals surface area contributed by atoms with Gasteiger partial charge in [0.1, 0.15) is 12.3 Å². The van der Waals surface area contributed by atoms with Crippen molar-refractivity contribution >= 4 is 0 Å². The SMILES string of the molecule is C.C=CCCC1CCC(C2CCC(C3CCC(C)C(F)C3F)CC2)CC1.O.[HH].[HH]. The van der Waals surface area contributed by atoms with E-state index in [2.05, 4.69) is 12.7 Å². The van der Waals surface area contributed by atoms with E-state index in [1.807, 2.05) is 6.92 Å². The van der Waals surface area contributed by atoms with Crippen LogP contribution < -0.4 is 0 Å². The third-order valence-corrected chi connectivity index (χ3v) is 7.97. The summed E-state index contributed by atoms with van der Waals surface area (Å²) in [6.07, 6.45) is 14.3. The van der Waals surface area contributed by atoms with Gasteiger partial charge in [0, 0.05) is 2.85 Å². The van der Waals surface area contributed by atoms with Crippen LogP contribution in [0.1, 0.15) is 94.3 Å². The molecule has 4 unspecified atom stereocenters. The van der Waals surface area contributed by atoms with E-state index in [1.54, 1.807) is 0 Å². The van der Waals surface area contributed by atoms with Crippen LogP contribution in [-0.2, 0) is 0 Å². The van der Waals surface area contributed by atoms with Crippen LogP contribution in [0.3, 0.4) is 0 Å². The molecule has 0 aliphatic heterocycles. The van der Waals surface area contributed by atoms with Crippen LogP contribution in [0.5, 0.6) is 0 Å². The fraction of sp³-hybridized carbons (Fsp3) is 0.917. The van der Waals surface area contributed by atoms with E-state index < -0.39 is 12.3 Å². The molecular weight excluding hydrogens is 342 g/mol. The molecule has 0 bridgehead atoms. The minimum atomic E-state index is -1.22. The fourth-order valence-electron chi connectivity index (χ4n) is 6.17. The second kappa shape index (κ2) is 11.5. The van der Waals surface area contributed by atoms with Crippen LogP contribution >= 0.6 is 0 Å². The summed E-state index contributed by atoms with van der Waals surface area (Å²) in [7, 11) is 0. The highest BCUT2D eigenvalue weighted by atomic mass is 19.2. The lowest BCUT2D eigenvalue weighted by atomic mass is 9.64. The average Bonchev–Trinajstić information content (AvgIpc) is 2.65. The van der Waals surface area contributed by atoms with Gasteiger partial charge in [0.05, 0.1) is 0 Å². The first-order chi connectivity index (χ1) is 12.1. The van der Waals surface area contributed by atoms with E-state index in [1.165, 1.54) is 51.4 Å². The zero-order valence-electron chi connectivity index (χ0n) is 16.6. The van der Waals surface area contributed by atoms with Crippen molar-refractivity contribution in [3.63, 3.8) is 0 Å². The van der Waals surface area contributed by atoms with Crippen molar-refractivity contribution in [1.29, 1.82) is 0 Å². The third kappa shape index (κ3) is 6.02. The lowest BCUT2D eigenvalue weighted by Crippen LogP contribution is -2.41. The van der Waals surface area contributed by atoms with E-state index in [9.17, 15) is 8.78 Å². The Morgan fingerprint density at radius 2 is 1.33 bits per heavy atom. The van der Waals surface area contributed by atoms with Crippen molar-refractivity contribution in [2.45, 2.75) is 104 Å². The van der Waals surface area contributed by atoms with Gasteiger partial charge < -0.3 is 5.48 Å². The molecule has 4 atom stereocenters. The van der Waals surface area contributed by atoms with E-state index in [4.69, 9.17) is 0 Å². The number of halogens is 2. The molecule has 3 aliphatic carbocycles. The average molecular weight is 391 g/mol. The Labute approximate surface area is 169 Å². The Hall–Kier alpha value is -0.440. The number of alkyl halides is 2. The van der Waals surface area contributed by atoms with E-state index in [0.29, 0.717) is 5.92 Å². The van der Waals surface area contributed by atoms with Crippen molar-refractivity contribution in [1.82, 2.24) is 0 Å². The van der Waals surface area contributed by atoms with Gasteiger partial charge in [-0.05, 0) is 99.7 Å². The van der Waals surface area contributed by atoms with Crippen LogP contribution in [0.2, 0.25) is 0 Å². The Kier molecular flexibility index (Phi) is 10.5. The van der Waals surface area contributed by atoms with Crippen LogP contribution in [0.25, 0.3) is 0 Å². The molecule has 164 valence electrons. The molecule has 3 rings (SSSR count). The Bertz CT molecular complexity index is 421. The van der Waals surface area contributed by atoms with Gasteiger partial charge in [-0.15, -0.1) is 6.58 Å². The van der Waals surface area contributed by atoms with E-state index in [0.717, 1.165) is 43.4 Å². The van der Waals surface area contributed by atoms with Crippen LogP contribution in [0.4, 0.5) is 8.78 Å². The minimum absolute atomic E-state index is 0. The third-order valence-electron chi connectivity index (χ3n) is 7.97. The summed E-state index contributed by atoms with van der Waals surface area (Å²) in [4.78, 5) is 0. The largest absolute Gasteiger partial charge is 0.412 e. The molecule has 1 nitrogen and oxygen atoms in total. The van der Waals surface area contributed by atoms with Gasteiger partial charge in [-0.1, -0.05) is 33.3 Å². The standard InChI is InChI=1S/C23H38F2.CH4.H2O.2H2/c1-3-4-5-17-7-9-18(10-8-17)19-11-13-20(14-12-19)21-15-6-16(2)22(24)23(21)25;;;;/h3,16-23H,1,4-15H2,2H3;1H4;1H2;2*1H. The molecule has 0 heterocycles. The van der Waals surface area contributed by atoms with Crippen LogP contribution in [-0.4, -0.2) is 17.8 Å². The maximum atomic E-state index is 14.5. The van der Waals surface area contributed by atoms with Gasteiger partial charge in [-0.2, -0.15) is 0 Å². The molecule has 3 fully saturated rings. The molecule has 27 heavy (non-hydrogen) atoms. The topological polar surface area (TPSA) is 31.5 Å². The first-order valence-corrected chi connectivity index (χ1v) is 11.0. The van der Waals surface area contributed by atoms with Gasteiger partial charge in [-0.3, -0.25) is 0 Å². The van der Waals surface area contributed by atoms with Crippen LogP contribution in [0, 0.1) is 35.5 Å². The molecule has 0 aromatic carbocycles. The van der Waals surface area contributed by atoms with Crippen molar-refractivity contribution in [2.75, 3.05) is 0 Å². The fourth-order valence-corrected chi connectivity index (χ4v) is 6.17. The predicted octanol–water partition coefficient (Wildman–Crippen LogP) is 7.59. The Morgan fingerprint density at radius 3 is 1.89 bits per heavy atom.